The van der Waals surface area contributed by atoms with Crippen molar-refractivity contribution in [2.45, 2.75) is 62.7 Å². The summed E-state index contributed by atoms with van der Waals surface area (Å²) >= 11 is 0. The number of nitrogen functional groups attached to an aromatic ring is 1. The van der Waals surface area contributed by atoms with Crippen LogP contribution in [0.1, 0.15) is 57.4 Å². The monoisotopic (exact) mass is 464 g/mol. The molecule has 0 amide bonds. The summed E-state index contributed by atoms with van der Waals surface area (Å²) in [6.45, 7) is 2.24. The van der Waals surface area contributed by atoms with Crippen molar-refractivity contribution in [3.05, 3.63) is 42.5 Å². The van der Waals surface area contributed by atoms with E-state index in [1.165, 1.54) is 49.7 Å². The van der Waals surface area contributed by atoms with E-state index in [9.17, 15) is 8.42 Å². The van der Waals surface area contributed by atoms with Crippen LogP contribution in [-0.4, -0.2) is 31.3 Å². The third-order valence-corrected chi connectivity index (χ3v) is 9.44. The zero-order chi connectivity index (χ0) is 22.6. The Labute approximate surface area is 195 Å². The summed E-state index contributed by atoms with van der Waals surface area (Å²) in [6.07, 6.45) is 8.93. The molecule has 6 rings (SSSR count). The van der Waals surface area contributed by atoms with Gasteiger partial charge in [-0.25, -0.2) is 8.42 Å². The van der Waals surface area contributed by atoms with Crippen LogP contribution in [0.25, 0.3) is 22.2 Å². The third-order valence-electron chi connectivity index (χ3n) is 7.57. The van der Waals surface area contributed by atoms with E-state index in [0.717, 1.165) is 48.3 Å². The first-order valence-electron chi connectivity index (χ1n) is 12.3. The lowest BCUT2D eigenvalue weighted by molar-refractivity contribution is 0.324. The number of hydrogen-bond acceptors (Lipinski definition) is 4. The van der Waals surface area contributed by atoms with Gasteiger partial charge in [0.1, 0.15) is 0 Å². The van der Waals surface area contributed by atoms with Crippen LogP contribution in [0.5, 0.6) is 0 Å². The highest BCUT2D eigenvalue weighted by Crippen LogP contribution is 2.45. The van der Waals surface area contributed by atoms with Crippen molar-refractivity contribution >= 4 is 38.0 Å². The highest BCUT2D eigenvalue weighted by molar-refractivity contribution is 7.93. The number of nitrogens with one attached hydrogen (secondary N) is 1. The Bertz CT molecular complexity index is 1280. The molecule has 3 fully saturated rings. The second-order valence-corrected chi connectivity index (χ2v) is 11.9. The van der Waals surface area contributed by atoms with Gasteiger partial charge >= 0.3 is 0 Å². The molecule has 0 bridgehead atoms. The minimum atomic E-state index is -3.26. The van der Waals surface area contributed by atoms with Crippen LogP contribution in [0.2, 0.25) is 0 Å². The molecule has 33 heavy (non-hydrogen) atoms. The topological polar surface area (TPSA) is 80.4 Å². The number of hydrogen-bond donors (Lipinski definition) is 2. The van der Waals surface area contributed by atoms with Gasteiger partial charge in [-0.05, 0) is 81.7 Å². The Balaban J connectivity index is 1.40. The SMILES string of the molecule is Nc1c(-c2ccc(NS(=O)(=O)C3CC3)cc2)n(C2CCC2)c2cc(N3CCCCC3)ccc12. The maximum atomic E-state index is 12.3. The highest BCUT2D eigenvalue weighted by Gasteiger charge is 2.35. The summed E-state index contributed by atoms with van der Waals surface area (Å²) in [7, 11) is -3.26. The normalized spacial score (nSPS) is 19.6. The lowest BCUT2D eigenvalue weighted by Crippen LogP contribution is -2.29. The Morgan fingerprint density at radius 2 is 1.61 bits per heavy atom. The number of anilines is 3. The van der Waals surface area contributed by atoms with Gasteiger partial charge in [-0.2, -0.15) is 0 Å². The second-order valence-electron chi connectivity index (χ2n) is 9.89. The molecule has 2 aromatic carbocycles. The molecule has 3 aliphatic rings. The Morgan fingerprint density at radius 3 is 2.24 bits per heavy atom. The molecule has 3 aromatic rings. The zero-order valence-electron chi connectivity index (χ0n) is 19.0. The molecular formula is C26H32N4O2S. The summed E-state index contributed by atoms with van der Waals surface area (Å²) in [5, 5.41) is 0.874. The Hall–Kier alpha value is -2.67. The minimum Gasteiger partial charge on any atom is -0.396 e. The van der Waals surface area contributed by atoms with Crippen molar-refractivity contribution in [1.29, 1.82) is 0 Å². The van der Waals surface area contributed by atoms with Gasteiger partial charge in [0.15, 0.2) is 0 Å². The fraction of sp³-hybridized carbons (Fsp3) is 0.462. The fourth-order valence-corrected chi connectivity index (χ4v) is 6.70. The Morgan fingerprint density at radius 1 is 0.879 bits per heavy atom. The van der Waals surface area contributed by atoms with E-state index >= 15 is 0 Å². The lowest BCUT2D eigenvalue weighted by atomic mass is 9.92. The molecular weight excluding hydrogens is 432 g/mol. The molecule has 0 unspecified atom stereocenters. The molecule has 0 atom stereocenters. The van der Waals surface area contributed by atoms with Gasteiger partial charge in [-0.1, -0.05) is 12.1 Å². The number of sulfonamides is 1. The largest absolute Gasteiger partial charge is 0.396 e. The molecule has 0 radical (unpaired) electrons. The van der Waals surface area contributed by atoms with Crippen LogP contribution in [0.4, 0.5) is 17.1 Å². The van der Waals surface area contributed by atoms with Gasteiger partial charge in [-0.15, -0.1) is 0 Å². The predicted molar refractivity (Wildman–Crippen MR) is 136 cm³/mol. The van der Waals surface area contributed by atoms with Gasteiger partial charge < -0.3 is 15.2 Å². The molecule has 1 aromatic heterocycles. The molecule has 6 nitrogen and oxygen atoms in total. The van der Waals surface area contributed by atoms with Crippen molar-refractivity contribution in [2.24, 2.45) is 0 Å². The van der Waals surface area contributed by atoms with E-state index in [1.54, 1.807) is 0 Å². The number of aromatic nitrogens is 1. The van der Waals surface area contributed by atoms with Crippen molar-refractivity contribution in [3.63, 3.8) is 0 Å². The quantitative estimate of drug-likeness (QED) is 0.504. The van der Waals surface area contributed by atoms with Crippen LogP contribution < -0.4 is 15.4 Å². The molecule has 0 spiro atoms. The number of rotatable bonds is 6. The maximum absolute atomic E-state index is 12.3. The van der Waals surface area contributed by atoms with Crippen molar-refractivity contribution < 1.29 is 8.42 Å². The Kier molecular flexibility index (Phi) is 5.05. The fourth-order valence-electron chi connectivity index (χ4n) is 5.31. The first kappa shape index (κ1) is 20.9. The smallest absolute Gasteiger partial charge is 0.235 e. The average Bonchev–Trinajstić information content (AvgIpc) is 3.61. The minimum absolute atomic E-state index is 0.233. The summed E-state index contributed by atoms with van der Waals surface area (Å²) < 4.78 is 29.8. The first-order valence-corrected chi connectivity index (χ1v) is 13.9. The standard InChI is InChI=1S/C26H32N4O2S/c27-25-23-14-11-21(29-15-2-1-3-16-29)17-24(23)30(20-5-4-6-20)26(25)18-7-9-19(10-8-18)28-33(31,32)22-12-13-22/h7-11,14,17,20,22,28H,1-6,12-13,15-16,27H2. The molecule has 1 aliphatic heterocycles. The highest BCUT2D eigenvalue weighted by atomic mass is 32.2. The van der Waals surface area contributed by atoms with Crippen LogP contribution in [-0.2, 0) is 10.0 Å². The third kappa shape index (κ3) is 3.76. The van der Waals surface area contributed by atoms with Gasteiger partial charge in [0.2, 0.25) is 10.0 Å². The van der Waals surface area contributed by atoms with E-state index < -0.39 is 10.0 Å². The van der Waals surface area contributed by atoms with Crippen LogP contribution in [0.15, 0.2) is 42.5 Å². The van der Waals surface area contributed by atoms with Gasteiger partial charge in [0.25, 0.3) is 0 Å². The summed E-state index contributed by atoms with van der Waals surface area (Å²) in [5.41, 5.74) is 12.8. The molecule has 3 N–H and O–H groups in total. The molecule has 7 heteroatoms. The van der Waals surface area contributed by atoms with E-state index in [1.807, 2.05) is 24.3 Å². The van der Waals surface area contributed by atoms with E-state index in [-0.39, 0.29) is 5.25 Å². The van der Waals surface area contributed by atoms with Crippen LogP contribution in [0, 0.1) is 0 Å². The number of piperidine rings is 1. The van der Waals surface area contributed by atoms with E-state index in [4.69, 9.17) is 5.73 Å². The van der Waals surface area contributed by atoms with Crippen LogP contribution >= 0.6 is 0 Å². The molecule has 2 heterocycles. The number of nitrogens with two attached hydrogens (primary N) is 1. The van der Waals surface area contributed by atoms with Crippen LogP contribution in [0.3, 0.4) is 0 Å². The zero-order valence-corrected chi connectivity index (χ0v) is 19.8. The number of fused-ring (bicyclic) bond motifs is 1. The maximum Gasteiger partial charge on any atom is 0.235 e. The summed E-state index contributed by atoms with van der Waals surface area (Å²) in [6, 6.07) is 14.9. The lowest BCUT2D eigenvalue weighted by Gasteiger charge is -2.31. The van der Waals surface area contributed by atoms with Crippen molar-refractivity contribution in [3.8, 4) is 11.3 Å². The van der Waals surface area contributed by atoms with Gasteiger partial charge in [0.05, 0.1) is 22.1 Å². The molecule has 2 aliphatic carbocycles. The van der Waals surface area contributed by atoms with Gasteiger partial charge in [0, 0.05) is 41.5 Å². The molecule has 174 valence electrons. The second kappa shape index (κ2) is 7.97. The van der Waals surface area contributed by atoms with E-state index in [2.05, 4.69) is 32.4 Å². The summed E-state index contributed by atoms with van der Waals surface area (Å²) in [5.74, 6) is 0. The van der Waals surface area contributed by atoms with Crippen molar-refractivity contribution in [2.75, 3.05) is 28.4 Å². The number of benzene rings is 2. The van der Waals surface area contributed by atoms with E-state index in [0.29, 0.717) is 11.7 Å². The van der Waals surface area contributed by atoms with Gasteiger partial charge in [-0.3, -0.25) is 4.72 Å². The number of nitrogens with zero attached hydrogens (tertiary/aromatic N) is 2. The average molecular weight is 465 g/mol. The molecule has 1 saturated heterocycles. The first-order chi connectivity index (χ1) is 16.0. The molecule has 2 saturated carbocycles. The van der Waals surface area contributed by atoms with Crippen molar-refractivity contribution in [1.82, 2.24) is 4.57 Å². The summed E-state index contributed by atoms with van der Waals surface area (Å²) in [4.78, 5) is 2.50. The predicted octanol–water partition coefficient (Wildman–Crippen LogP) is 5.51.